The summed E-state index contributed by atoms with van der Waals surface area (Å²) in [5.74, 6) is 0.428. The van der Waals surface area contributed by atoms with E-state index in [0.29, 0.717) is 11.0 Å². The number of nitrogens with two attached hydrogens (primary N) is 1. The molecule has 1 heterocycles. The number of nitrogen functional groups attached to an aromatic ring is 1. The molecule has 1 aromatic heterocycles. The van der Waals surface area contributed by atoms with E-state index in [1.54, 1.807) is 6.07 Å². The molecule has 3 nitrogen and oxygen atoms in total. The number of anilines is 1. The Kier molecular flexibility index (Phi) is 2.34. The zero-order valence-corrected chi connectivity index (χ0v) is 6.91. The number of nitrogens with zero attached hydrogens (tertiary/aromatic N) is 2. The molecule has 0 saturated heterocycles. The average molecular weight is 176 g/mol. The summed E-state index contributed by atoms with van der Waals surface area (Å²) in [6.07, 6.45) is 1.91. The number of rotatable bonds is 1. The van der Waals surface area contributed by atoms with Crippen LogP contribution in [0.1, 0.15) is 0 Å². The fraction of sp³-hybridized carbons (Fsp3) is 0.200. The van der Waals surface area contributed by atoms with Crippen LogP contribution >= 0.6 is 23.4 Å². The van der Waals surface area contributed by atoms with Crippen molar-refractivity contribution in [2.45, 2.75) is 4.90 Å². The highest BCUT2D eigenvalue weighted by Crippen LogP contribution is 2.21. The highest BCUT2D eigenvalue weighted by molar-refractivity contribution is 7.98. The van der Waals surface area contributed by atoms with Crippen LogP contribution in [0.5, 0.6) is 0 Å². The van der Waals surface area contributed by atoms with Crippen LogP contribution in [0.2, 0.25) is 5.15 Å². The fourth-order valence-corrected chi connectivity index (χ4v) is 1.22. The van der Waals surface area contributed by atoms with Crippen LogP contribution in [0.4, 0.5) is 5.82 Å². The Hall–Kier alpha value is -0.480. The van der Waals surface area contributed by atoms with Gasteiger partial charge in [-0.25, -0.2) is 0 Å². The van der Waals surface area contributed by atoms with E-state index in [4.69, 9.17) is 17.3 Å². The second-order valence-electron chi connectivity index (χ2n) is 1.62. The normalized spacial score (nSPS) is 9.80. The lowest BCUT2D eigenvalue weighted by atomic mass is 10.5. The number of thioether (sulfide) groups is 1. The van der Waals surface area contributed by atoms with Crippen molar-refractivity contribution in [3.63, 3.8) is 0 Å². The van der Waals surface area contributed by atoms with Gasteiger partial charge in [-0.2, -0.15) is 0 Å². The van der Waals surface area contributed by atoms with E-state index in [1.165, 1.54) is 11.8 Å². The van der Waals surface area contributed by atoms with Crippen LogP contribution in [0.15, 0.2) is 11.0 Å². The molecule has 0 aliphatic carbocycles. The number of hydrogen-bond donors (Lipinski definition) is 1. The van der Waals surface area contributed by atoms with Crippen molar-refractivity contribution in [2.75, 3.05) is 12.0 Å². The fourth-order valence-electron chi connectivity index (χ4n) is 0.525. The third-order valence-corrected chi connectivity index (χ3v) is 1.93. The molecule has 0 amide bonds. The summed E-state index contributed by atoms with van der Waals surface area (Å²) < 4.78 is 0. The van der Waals surface area contributed by atoms with Crippen LogP contribution < -0.4 is 5.73 Å². The van der Waals surface area contributed by atoms with Gasteiger partial charge in [-0.1, -0.05) is 11.6 Å². The van der Waals surface area contributed by atoms with Crippen molar-refractivity contribution in [2.24, 2.45) is 0 Å². The van der Waals surface area contributed by atoms with Crippen LogP contribution in [-0.2, 0) is 0 Å². The van der Waals surface area contributed by atoms with Gasteiger partial charge in [0.15, 0.2) is 11.0 Å². The third kappa shape index (κ3) is 1.52. The van der Waals surface area contributed by atoms with E-state index in [2.05, 4.69) is 10.2 Å². The van der Waals surface area contributed by atoms with Crippen LogP contribution in [-0.4, -0.2) is 16.5 Å². The Morgan fingerprint density at radius 1 is 1.60 bits per heavy atom. The van der Waals surface area contributed by atoms with Crippen LogP contribution in [0, 0.1) is 0 Å². The Balaban J connectivity index is 3.09. The first-order valence-corrected chi connectivity index (χ1v) is 4.17. The van der Waals surface area contributed by atoms with E-state index in [-0.39, 0.29) is 0 Å². The number of hydrogen-bond acceptors (Lipinski definition) is 4. The van der Waals surface area contributed by atoms with Gasteiger partial charge in [0.1, 0.15) is 0 Å². The lowest BCUT2D eigenvalue weighted by molar-refractivity contribution is 1.01. The van der Waals surface area contributed by atoms with Gasteiger partial charge in [0.05, 0.1) is 4.90 Å². The predicted octanol–water partition coefficient (Wildman–Crippen LogP) is 1.43. The average Bonchev–Trinajstić information content (AvgIpc) is 1.94. The molecular formula is C5H6ClN3S. The molecular weight excluding hydrogens is 170 g/mol. The quantitative estimate of drug-likeness (QED) is 0.657. The van der Waals surface area contributed by atoms with Gasteiger partial charge < -0.3 is 5.73 Å². The van der Waals surface area contributed by atoms with Gasteiger partial charge in [-0.3, -0.25) is 0 Å². The molecule has 54 valence electrons. The van der Waals surface area contributed by atoms with E-state index in [9.17, 15) is 0 Å². The first kappa shape index (κ1) is 7.63. The zero-order chi connectivity index (χ0) is 7.56. The zero-order valence-electron chi connectivity index (χ0n) is 5.34. The summed E-state index contributed by atoms with van der Waals surface area (Å²) in [6.45, 7) is 0. The molecule has 0 aliphatic rings. The van der Waals surface area contributed by atoms with Gasteiger partial charge in [0, 0.05) is 0 Å². The summed E-state index contributed by atoms with van der Waals surface area (Å²) in [5.41, 5.74) is 5.45. The van der Waals surface area contributed by atoms with E-state index in [1.807, 2.05) is 6.26 Å². The molecule has 0 fully saturated rings. The van der Waals surface area contributed by atoms with Gasteiger partial charge in [0.25, 0.3) is 0 Å². The smallest absolute Gasteiger partial charge is 0.159 e. The van der Waals surface area contributed by atoms with Gasteiger partial charge in [0.2, 0.25) is 0 Å². The maximum absolute atomic E-state index is 5.55. The van der Waals surface area contributed by atoms with E-state index >= 15 is 0 Å². The molecule has 0 radical (unpaired) electrons. The van der Waals surface area contributed by atoms with E-state index in [0.717, 1.165) is 4.90 Å². The van der Waals surface area contributed by atoms with Crippen LogP contribution in [0.3, 0.4) is 0 Å². The maximum atomic E-state index is 5.55. The van der Waals surface area contributed by atoms with Gasteiger partial charge >= 0.3 is 0 Å². The first-order valence-electron chi connectivity index (χ1n) is 2.56. The highest BCUT2D eigenvalue weighted by Gasteiger charge is 1.99. The van der Waals surface area contributed by atoms with Crippen molar-refractivity contribution in [3.05, 3.63) is 11.2 Å². The Bertz CT molecular complexity index is 240. The number of aromatic nitrogens is 2. The van der Waals surface area contributed by atoms with Gasteiger partial charge in [-0.15, -0.1) is 22.0 Å². The molecule has 0 atom stereocenters. The van der Waals surface area contributed by atoms with Crippen molar-refractivity contribution in [1.82, 2.24) is 10.2 Å². The minimum atomic E-state index is 0.374. The molecule has 5 heteroatoms. The third-order valence-electron chi connectivity index (χ3n) is 0.976. The molecule has 0 aliphatic heterocycles. The lowest BCUT2D eigenvalue weighted by Gasteiger charge is -1.97. The molecule has 1 aromatic rings. The SMILES string of the molecule is CSc1cc(Cl)nnc1N. The minimum Gasteiger partial charge on any atom is -0.381 e. The second-order valence-corrected chi connectivity index (χ2v) is 2.86. The molecule has 0 saturated carbocycles. The lowest BCUT2D eigenvalue weighted by Crippen LogP contribution is -1.94. The molecule has 0 aromatic carbocycles. The molecule has 10 heavy (non-hydrogen) atoms. The molecule has 1 rings (SSSR count). The molecule has 0 spiro atoms. The minimum absolute atomic E-state index is 0.374. The Morgan fingerprint density at radius 3 is 2.80 bits per heavy atom. The molecule has 2 N–H and O–H groups in total. The largest absolute Gasteiger partial charge is 0.381 e. The van der Waals surface area contributed by atoms with Crippen molar-refractivity contribution in [3.8, 4) is 0 Å². The molecule has 0 unspecified atom stereocenters. The van der Waals surface area contributed by atoms with Crippen molar-refractivity contribution < 1.29 is 0 Å². The van der Waals surface area contributed by atoms with Crippen molar-refractivity contribution in [1.29, 1.82) is 0 Å². The van der Waals surface area contributed by atoms with Crippen LogP contribution in [0.25, 0.3) is 0 Å². The first-order chi connectivity index (χ1) is 4.74. The van der Waals surface area contributed by atoms with E-state index < -0.39 is 0 Å². The predicted molar refractivity (Wildman–Crippen MR) is 43.2 cm³/mol. The standard InChI is InChI=1S/C5H6ClN3S/c1-10-3-2-4(6)8-9-5(3)7/h2H,1H3,(H2,7,9). The maximum Gasteiger partial charge on any atom is 0.159 e. The summed E-state index contributed by atoms with van der Waals surface area (Å²) in [4.78, 5) is 0.861. The second kappa shape index (κ2) is 3.07. The Morgan fingerprint density at radius 2 is 2.30 bits per heavy atom. The summed E-state index contributed by atoms with van der Waals surface area (Å²) in [5, 5.41) is 7.56. The van der Waals surface area contributed by atoms with Crippen molar-refractivity contribution >= 4 is 29.2 Å². The molecule has 0 bridgehead atoms. The van der Waals surface area contributed by atoms with Gasteiger partial charge in [-0.05, 0) is 12.3 Å². The number of halogens is 1. The topological polar surface area (TPSA) is 51.8 Å². The monoisotopic (exact) mass is 175 g/mol. The summed E-state index contributed by atoms with van der Waals surface area (Å²) in [6, 6.07) is 1.69. The Labute approximate surface area is 68.0 Å². The summed E-state index contributed by atoms with van der Waals surface area (Å²) in [7, 11) is 0. The summed E-state index contributed by atoms with van der Waals surface area (Å²) >= 11 is 7.05. The highest BCUT2D eigenvalue weighted by atomic mass is 35.5.